The minimum absolute atomic E-state index is 0.237. The zero-order valence-corrected chi connectivity index (χ0v) is 17.6. The van der Waals surface area contributed by atoms with Crippen molar-refractivity contribution in [2.24, 2.45) is 0 Å². The first-order chi connectivity index (χ1) is 15.1. The van der Waals surface area contributed by atoms with E-state index in [1.807, 2.05) is 11.0 Å². The fourth-order valence-electron chi connectivity index (χ4n) is 5.04. The molecule has 1 saturated heterocycles. The molecule has 0 saturated carbocycles. The molecule has 2 aromatic carbocycles. The third-order valence-corrected chi connectivity index (χ3v) is 6.60. The predicted octanol–water partition coefficient (Wildman–Crippen LogP) is 4.67. The van der Waals surface area contributed by atoms with Crippen LogP contribution in [0.4, 0.5) is 8.78 Å². The van der Waals surface area contributed by atoms with Crippen LogP contribution in [0.1, 0.15) is 36.9 Å². The molecule has 162 valence electrons. The molecule has 3 aromatic rings. The standard InChI is InChI=1S/C25H27F2N3O/c26-18-5-8-20(9-6-18)30-23-10-7-19(27)16-21(23)22-17-28(15-11-24(22)30)12-1-2-13-29-14-3-4-25(29)31/h5-10,16H,1-4,11-15,17H2. The second kappa shape index (κ2) is 8.42. The molecule has 5 rings (SSSR count). The normalized spacial score (nSPS) is 17.0. The summed E-state index contributed by atoms with van der Waals surface area (Å²) in [5.74, 6) is -0.209. The molecule has 0 bridgehead atoms. The first kappa shape index (κ1) is 20.2. The summed E-state index contributed by atoms with van der Waals surface area (Å²) in [6.07, 6.45) is 4.62. The van der Waals surface area contributed by atoms with Crippen LogP contribution in [0, 0.1) is 11.6 Å². The number of likely N-dealkylation sites (tertiary alicyclic amines) is 1. The lowest BCUT2D eigenvalue weighted by Crippen LogP contribution is -2.32. The van der Waals surface area contributed by atoms with Crippen molar-refractivity contribution in [2.75, 3.05) is 26.2 Å². The molecule has 3 heterocycles. The zero-order chi connectivity index (χ0) is 21.4. The summed E-state index contributed by atoms with van der Waals surface area (Å²) in [6, 6.07) is 11.4. The van der Waals surface area contributed by atoms with E-state index in [-0.39, 0.29) is 11.6 Å². The van der Waals surface area contributed by atoms with Crippen LogP contribution < -0.4 is 0 Å². The first-order valence-corrected chi connectivity index (χ1v) is 11.2. The van der Waals surface area contributed by atoms with Crippen LogP contribution in [0.5, 0.6) is 0 Å². The van der Waals surface area contributed by atoms with Gasteiger partial charge in [-0.3, -0.25) is 9.69 Å². The van der Waals surface area contributed by atoms with E-state index in [0.717, 1.165) is 75.0 Å². The average molecular weight is 424 g/mol. The second-order valence-corrected chi connectivity index (χ2v) is 8.62. The van der Waals surface area contributed by atoms with Gasteiger partial charge in [0, 0.05) is 55.8 Å². The minimum Gasteiger partial charge on any atom is -0.343 e. The Kier molecular flexibility index (Phi) is 5.48. The van der Waals surface area contributed by atoms with Crippen LogP contribution in [-0.2, 0) is 17.8 Å². The number of unbranched alkanes of at least 4 members (excludes halogenated alkanes) is 1. The number of carbonyl (C=O) groups is 1. The van der Waals surface area contributed by atoms with Gasteiger partial charge in [0.15, 0.2) is 0 Å². The van der Waals surface area contributed by atoms with Crippen molar-refractivity contribution in [3.63, 3.8) is 0 Å². The smallest absolute Gasteiger partial charge is 0.222 e. The van der Waals surface area contributed by atoms with Gasteiger partial charge in [0.05, 0.1) is 5.52 Å². The van der Waals surface area contributed by atoms with Gasteiger partial charge in [-0.1, -0.05) is 0 Å². The van der Waals surface area contributed by atoms with Crippen LogP contribution in [-0.4, -0.2) is 46.5 Å². The maximum absolute atomic E-state index is 14.1. The van der Waals surface area contributed by atoms with Crippen LogP contribution in [0.15, 0.2) is 42.5 Å². The van der Waals surface area contributed by atoms with Crippen LogP contribution in [0.2, 0.25) is 0 Å². The predicted molar refractivity (Wildman–Crippen MR) is 117 cm³/mol. The number of amides is 1. The second-order valence-electron chi connectivity index (χ2n) is 8.62. The van der Waals surface area contributed by atoms with Gasteiger partial charge in [0.1, 0.15) is 11.6 Å². The van der Waals surface area contributed by atoms with E-state index in [1.165, 1.54) is 29.5 Å². The summed E-state index contributed by atoms with van der Waals surface area (Å²) in [5, 5.41) is 0.937. The van der Waals surface area contributed by atoms with Crippen LogP contribution in [0.25, 0.3) is 16.6 Å². The monoisotopic (exact) mass is 423 g/mol. The minimum atomic E-state index is -0.262. The highest BCUT2D eigenvalue weighted by Crippen LogP contribution is 2.34. The van der Waals surface area contributed by atoms with Gasteiger partial charge in [-0.25, -0.2) is 8.78 Å². The molecule has 1 fully saturated rings. The lowest BCUT2D eigenvalue weighted by molar-refractivity contribution is -0.127. The third-order valence-electron chi connectivity index (χ3n) is 6.60. The van der Waals surface area contributed by atoms with Crippen LogP contribution in [0.3, 0.4) is 0 Å². The average Bonchev–Trinajstić information content (AvgIpc) is 3.32. The van der Waals surface area contributed by atoms with Crippen molar-refractivity contribution in [1.82, 2.24) is 14.4 Å². The largest absolute Gasteiger partial charge is 0.343 e. The molecule has 0 aliphatic carbocycles. The van der Waals surface area contributed by atoms with Crippen molar-refractivity contribution in [3.8, 4) is 5.69 Å². The Morgan fingerprint density at radius 1 is 0.871 bits per heavy atom. The summed E-state index contributed by atoms with van der Waals surface area (Å²) in [6.45, 7) is 4.45. The molecular formula is C25H27F2N3O. The molecule has 0 N–H and O–H groups in total. The van der Waals surface area contributed by atoms with E-state index in [4.69, 9.17) is 0 Å². The molecule has 2 aliphatic heterocycles. The number of benzene rings is 2. The molecule has 0 spiro atoms. The van der Waals surface area contributed by atoms with Crippen molar-refractivity contribution in [2.45, 2.75) is 38.6 Å². The lowest BCUT2D eigenvalue weighted by Gasteiger charge is -2.28. The maximum atomic E-state index is 14.1. The molecule has 4 nitrogen and oxygen atoms in total. The lowest BCUT2D eigenvalue weighted by atomic mass is 10.0. The quantitative estimate of drug-likeness (QED) is 0.539. The third kappa shape index (κ3) is 3.97. The fourth-order valence-corrected chi connectivity index (χ4v) is 5.04. The maximum Gasteiger partial charge on any atom is 0.222 e. The number of rotatable bonds is 6. The molecule has 0 unspecified atom stereocenters. The van der Waals surface area contributed by atoms with Gasteiger partial charge in [-0.2, -0.15) is 0 Å². The van der Waals surface area contributed by atoms with Gasteiger partial charge in [-0.15, -0.1) is 0 Å². The van der Waals surface area contributed by atoms with Gasteiger partial charge in [-0.05, 0) is 73.8 Å². The molecule has 31 heavy (non-hydrogen) atoms. The van der Waals surface area contributed by atoms with E-state index >= 15 is 0 Å². The molecule has 6 heteroatoms. The number of nitrogens with zero attached hydrogens (tertiary/aromatic N) is 3. The van der Waals surface area contributed by atoms with Gasteiger partial charge >= 0.3 is 0 Å². The number of carbonyl (C=O) groups excluding carboxylic acids is 1. The van der Waals surface area contributed by atoms with Gasteiger partial charge < -0.3 is 9.47 Å². The molecular weight excluding hydrogens is 396 g/mol. The van der Waals surface area contributed by atoms with E-state index in [0.29, 0.717) is 12.3 Å². The Morgan fingerprint density at radius 3 is 2.42 bits per heavy atom. The summed E-state index contributed by atoms with van der Waals surface area (Å²) in [5.41, 5.74) is 4.22. The highest BCUT2D eigenvalue weighted by molar-refractivity contribution is 5.87. The number of aromatic nitrogens is 1. The van der Waals surface area contributed by atoms with E-state index in [2.05, 4.69) is 9.47 Å². The SMILES string of the molecule is O=C1CCCN1CCCCN1CCc2c(c3cc(F)ccc3n2-c2ccc(F)cc2)C1. The number of halogens is 2. The van der Waals surface area contributed by atoms with Gasteiger partial charge in [0.25, 0.3) is 0 Å². The van der Waals surface area contributed by atoms with E-state index < -0.39 is 0 Å². The Balaban J connectivity index is 1.35. The Labute approximate surface area is 181 Å². The van der Waals surface area contributed by atoms with E-state index in [1.54, 1.807) is 18.2 Å². The molecule has 1 amide bonds. The van der Waals surface area contributed by atoms with Crippen molar-refractivity contribution in [3.05, 3.63) is 65.4 Å². The molecule has 0 radical (unpaired) electrons. The zero-order valence-electron chi connectivity index (χ0n) is 17.6. The highest BCUT2D eigenvalue weighted by atomic mass is 19.1. The molecule has 0 atom stereocenters. The Morgan fingerprint density at radius 2 is 1.65 bits per heavy atom. The van der Waals surface area contributed by atoms with E-state index in [9.17, 15) is 13.6 Å². The highest BCUT2D eigenvalue weighted by Gasteiger charge is 2.25. The van der Waals surface area contributed by atoms with Crippen molar-refractivity contribution in [1.29, 1.82) is 0 Å². The summed E-state index contributed by atoms with van der Waals surface area (Å²) >= 11 is 0. The Bertz CT molecular complexity index is 1110. The van der Waals surface area contributed by atoms with Crippen molar-refractivity contribution < 1.29 is 13.6 Å². The molecule has 1 aromatic heterocycles. The Hall–Kier alpha value is -2.73. The molecule has 2 aliphatic rings. The topological polar surface area (TPSA) is 28.5 Å². The number of fused-ring (bicyclic) bond motifs is 3. The summed E-state index contributed by atoms with van der Waals surface area (Å²) in [7, 11) is 0. The summed E-state index contributed by atoms with van der Waals surface area (Å²) < 4.78 is 29.7. The summed E-state index contributed by atoms with van der Waals surface area (Å²) in [4.78, 5) is 16.2. The number of hydrogen-bond donors (Lipinski definition) is 0. The number of hydrogen-bond acceptors (Lipinski definition) is 2. The fraction of sp³-hybridized carbons (Fsp3) is 0.400. The van der Waals surface area contributed by atoms with Crippen LogP contribution >= 0.6 is 0 Å². The first-order valence-electron chi connectivity index (χ1n) is 11.2. The van der Waals surface area contributed by atoms with Crippen molar-refractivity contribution >= 4 is 16.8 Å². The van der Waals surface area contributed by atoms with Gasteiger partial charge in [0.2, 0.25) is 5.91 Å².